The van der Waals surface area contributed by atoms with Gasteiger partial charge in [-0.25, -0.2) is 4.79 Å². The molecule has 30 heavy (non-hydrogen) atoms. The quantitative estimate of drug-likeness (QED) is 0.689. The van der Waals surface area contributed by atoms with E-state index in [1.165, 1.54) is 0 Å². The zero-order chi connectivity index (χ0) is 22.0. The highest BCUT2D eigenvalue weighted by Crippen LogP contribution is 2.43. The molecule has 1 aliphatic rings. The molecule has 2 N–H and O–H groups in total. The summed E-state index contributed by atoms with van der Waals surface area (Å²) in [6.07, 6.45) is -5.42. The SMILES string of the molecule is CC(C)OCC1(OC(=O)C(F)(F)F)NC(c2ccccc2)C(C)(c2ccccc2)N1. The van der Waals surface area contributed by atoms with E-state index in [4.69, 9.17) is 9.47 Å². The summed E-state index contributed by atoms with van der Waals surface area (Å²) in [5.74, 6) is -4.17. The molecule has 1 aliphatic heterocycles. The lowest BCUT2D eigenvalue weighted by atomic mass is 9.82. The molecular weight excluding hydrogens is 397 g/mol. The third-order valence-electron chi connectivity index (χ3n) is 5.04. The monoisotopic (exact) mass is 422 g/mol. The van der Waals surface area contributed by atoms with E-state index in [9.17, 15) is 18.0 Å². The molecule has 0 spiro atoms. The lowest BCUT2D eigenvalue weighted by Crippen LogP contribution is -2.60. The number of carbonyl (C=O) groups is 1. The highest BCUT2D eigenvalue weighted by molar-refractivity contribution is 5.76. The number of halogens is 3. The number of hydrogen-bond donors (Lipinski definition) is 2. The Kier molecular flexibility index (Phi) is 6.21. The van der Waals surface area contributed by atoms with E-state index >= 15 is 0 Å². The van der Waals surface area contributed by atoms with E-state index in [0.717, 1.165) is 11.1 Å². The normalized spacial score (nSPS) is 26.7. The van der Waals surface area contributed by atoms with Crippen LogP contribution in [0.15, 0.2) is 60.7 Å². The number of benzene rings is 2. The van der Waals surface area contributed by atoms with Gasteiger partial charge in [-0.15, -0.1) is 0 Å². The van der Waals surface area contributed by atoms with E-state index in [1.54, 1.807) is 13.8 Å². The van der Waals surface area contributed by atoms with Gasteiger partial charge in [0.1, 0.15) is 6.61 Å². The first-order valence-corrected chi connectivity index (χ1v) is 9.65. The molecule has 0 saturated carbocycles. The summed E-state index contributed by atoms with van der Waals surface area (Å²) in [5.41, 5.74) is 0.751. The van der Waals surface area contributed by atoms with Gasteiger partial charge in [0.05, 0.1) is 17.7 Å². The van der Waals surface area contributed by atoms with Gasteiger partial charge in [-0.3, -0.25) is 10.6 Å². The second-order valence-electron chi connectivity index (χ2n) is 7.76. The molecule has 2 aromatic carbocycles. The summed E-state index contributed by atoms with van der Waals surface area (Å²) >= 11 is 0. The Labute approximate surface area is 173 Å². The van der Waals surface area contributed by atoms with Crippen molar-refractivity contribution in [2.24, 2.45) is 0 Å². The standard InChI is InChI=1S/C22H25F3N2O3/c1-15(2)29-14-21(30-19(28)22(23,24)25)26-18(16-10-6-4-7-11-16)20(3,27-21)17-12-8-5-9-13-17/h4-13,15,18,26-27H,14H2,1-3H3. The minimum atomic E-state index is -5.14. The first-order valence-electron chi connectivity index (χ1n) is 9.65. The Morgan fingerprint density at radius 2 is 1.63 bits per heavy atom. The summed E-state index contributed by atoms with van der Waals surface area (Å²) in [5, 5.41) is 6.21. The summed E-state index contributed by atoms with van der Waals surface area (Å²) < 4.78 is 49.7. The average Bonchev–Trinajstić information content (AvgIpc) is 3.01. The van der Waals surface area contributed by atoms with Crippen molar-refractivity contribution >= 4 is 5.97 Å². The molecule has 1 heterocycles. The van der Waals surface area contributed by atoms with Crippen molar-refractivity contribution in [2.75, 3.05) is 6.61 Å². The Balaban J connectivity index is 2.06. The predicted molar refractivity (Wildman–Crippen MR) is 105 cm³/mol. The summed E-state index contributed by atoms with van der Waals surface area (Å²) in [7, 11) is 0. The van der Waals surface area contributed by atoms with Crippen molar-refractivity contribution in [1.82, 2.24) is 10.6 Å². The summed E-state index contributed by atoms with van der Waals surface area (Å²) in [4.78, 5) is 11.8. The topological polar surface area (TPSA) is 59.6 Å². The van der Waals surface area contributed by atoms with Gasteiger partial charge in [0, 0.05) is 0 Å². The minimum Gasteiger partial charge on any atom is -0.421 e. The number of carbonyl (C=O) groups excluding carboxylic acids is 1. The van der Waals surface area contributed by atoms with Crippen molar-refractivity contribution < 1.29 is 27.4 Å². The van der Waals surface area contributed by atoms with Crippen molar-refractivity contribution in [2.45, 2.75) is 50.5 Å². The molecule has 2 aromatic rings. The van der Waals surface area contributed by atoms with Crippen LogP contribution < -0.4 is 10.6 Å². The fourth-order valence-electron chi connectivity index (χ4n) is 3.65. The van der Waals surface area contributed by atoms with Gasteiger partial charge in [0.25, 0.3) is 0 Å². The number of ether oxygens (including phenoxy) is 2. The smallest absolute Gasteiger partial charge is 0.421 e. The van der Waals surface area contributed by atoms with Gasteiger partial charge in [-0.1, -0.05) is 60.7 Å². The van der Waals surface area contributed by atoms with Crippen LogP contribution in [-0.2, 0) is 19.8 Å². The molecule has 0 aliphatic carbocycles. The lowest BCUT2D eigenvalue weighted by molar-refractivity contribution is -0.225. The van der Waals surface area contributed by atoms with Crippen LogP contribution in [0.25, 0.3) is 0 Å². The fourth-order valence-corrected chi connectivity index (χ4v) is 3.65. The molecule has 5 nitrogen and oxygen atoms in total. The van der Waals surface area contributed by atoms with Crippen LogP contribution in [0, 0.1) is 0 Å². The van der Waals surface area contributed by atoms with Gasteiger partial charge in [-0.05, 0) is 31.9 Å². The average molecular weight is 422 g/mol. The lowest BCUT2D eigenvalue weighted by Gasteiger charge is -2.34. The van der Waals surface area contributed by atoms with Crippen LogP contribution in [0.2, 0.25) is 0 Å². The van der Waals surface area contributed by atoms with Gasteiger partial charge < -0.3 is 9.47 Å². The molecule has 8 heteroatoms. The third kappa shape index (κ3) is 4.66. The van der Waals surface area contributed by atoms with Crippen LogP contribution in [0.4, 0.5) is 13.2 Å². The van der Waals surface area contributed by atoms with Crippen LogP contribution in [0.5, 0.6) is 0 Å². The molecule has 162 valence electrons. The minimum absolute atomic E-state index is 0.283. The molecule has 1 fully saturated rings. The van der Waals surface area contributed by atoms with Gasteiger partial charge >= 0.3 is 12.1 Å². The Hall–Kier alpha value is -2.42. The number of nitrogens with one attached hydrogen (secondary N) is 2. The molecule has 1 saturated heterocycles. The highest BCUT2D eigenvalue weighted by Gasteiger charge is 2.57. The van der Waals surface area contributed by atoms with E-state index < -0.39 is 29.6 Å². The maximum atomic E-state index is 13.0. The Morgan fingerprint density at radius 1 is 1.07 bits per heavy atom. The number of rotatable bonds is 6. The van der Waals surface area contributed by atoms with E-state index in [0.29, 0.717) is 0 Å². The second-order valence-corrected chi connectivity index (χ2v) is 7.76. The van der Waals surface area contributed by atoms with Crippen LogP contribution >= 0.6 is 0 Å². The van der Waals surface area contributed by atoms with Crippen molar-refractivity contribution in [1.29, 1.82) is 0 Å². The van der Waals surface area contributed by atoms with Crippen molar-refractivity contribution in [3.8, 4) is 0 Å². The van der Waals surface area contributed by atoms with E-state index in [-0.39, 0.29) is 12.7 Å². The Bertz CT molecular complexity index is 861. The van der Waals surface area contributed by atoms with E-state index in [2.05, 4.69) is 10.6 Å². The number of hydrogen-bond acceptors (Lipinski definition) is 5. The van der Waals surface area contributed by atoms with E-state index in [1.807, 2.05) is 67.6 Å². The van der Waals surface area contributed by atoms with Gasteiger partial charge in [0.2, 0.25) is 5.85 Å². The van der Waals surface area contributed by atoms with Gasteiger partial charge in [-0.2, -0.15) is 13.2 Å². The molecular formula is C22H25F3N2O3. The zero-order valence-electron chi connectivity index (χ0n) is 17.0. The maximum Gasteiger partial charge on any atom is 0.491 e. The number of alkyl halides is 3. The maximum absolute atomic E-state index is 13.0. The highest BCUT2D eigenvalue weighted by atomic mass is 19.4. The number of esters is 1. The van der Waals surface area contributed by atoms with Gasteiger partial charge in [0.15, 0.2) is 0 Å². The van der Waals surface area contributed by atoms with Crippen molar-refractivity contribution in [3.63, 3.8) is 0 Å². The first-order chi connectivity index (χ1) is 14.1. The fraction of sp³-hybridized carbons (Fsp3) is 0.409. The van der Waals surface area contributed by atoms with Crippen LogP contribution in [-0.4, -0.2) is 30.7 Å². The third-order valence-corrected chi connectivity index (χ3v) is 5.04. The molecule has 0 radical (unpaired) electrons. The molecule has 0 bridgehead atoms. The zero-order valence-corrected chi connectivity index (χ0v) is 17.0. The summed E-state index contributed by atoms with van der Waals surface area (Å²) in [6.45, 7) is 5.04. The summed E-state index contributed by atoms with van der Waals surface area (Å²) in [6, 6.07) is 18.0. The largest absolute Gasteiger partial charge is 0.491 e. The van der Waals surface area contributed by atoms with Crippen LogP contribution in [0.1, 0.15) is 37.9 Å². The molecule has 3 rings (SSSR count). The molecule has 0 amide bonds. The molecule has 3 atom stereocenters. The van der Waals surface area contributed by atoms with Crippen LogP contribution in [0.3, 0.4) is 0 Å². The van der Waals surface area contributed by atoms with Crippen molar-refractivity contribution in [3.05, 3.63) is 71.8 Å². The Morgan fingerprint density at radius 3 is 2.17 bits per heavy atom. The predicted octanol–water partition coefficient (Wildman–Crippen LogP) is 4.02. The molecule has 3 unspecified atom stereocenters. The molecule has 0 aromatic heterocycles. The second kappa shape index (κ2) is 8.37. The first kappa shape index (κ1) is 22.3.